The van der Waals surface area contributed by atoms with E-state index in [1.54, 1.807) is 0 Å². The molecule has 0 aliphatic carbocycles. The molecule has 1 heterocycles. The summed E-state index contributed by atoms with van der Waals surface area (Å²) in [5.74, 6) is 0.874. The minimum Gasteiger partial charge on any atom is -0.373 e. The normalized spacial score (nSPS) is 21.3. The van der Waals surface area contributed by atoms with E-state index >= 15 is 0 Å². The van der Waals surface area contributed by atoms with E-state index in [-0.39, 0.29) is 29.6 Å². The van der Waals surface area contributed by atoms with Gasteiger partial charge < -0.3 is 20.3 Å². The smallest absolute Gasteiger partial charge is 0.191 e. The van der Waals surface area contributed by atoms with Crippen LogP contribution in [0.15, 0.2) is 35.3 Å². The zero-order valence-electron chi connectivity index (χ0n) is 16.6. The maximum absolute atomic E-state index is 5.84. The SMILES string of the molecule is CCNC(=NCC1(C)CCCO1)NCC(Cc1ccccc1)N(C)C.I. The van der Waals surface area contributed by atoms with Gasteiger partial charge in [0.15, 0.2) is 5.96 Å². The van der Waals surface area contributed by atoms with Gasteiger partial charge in [-0.3, -0.25) is 4.99 Å². The predicted molar refractivity (Wildman–Crippen MR) is 121 cm³/mol. The topological polar surface area (TPSA) is 48.9 Å². The molecule has 1 fully saturated rings. The second-order valence-electron chi connectivity index (χ2n) is 7.29. The fourth-order valence-electron chi connectivity index (χ4n) is 3.09. The number of benzene rings is 1. The van der Waals surface area contributed by atoms with Crippen molar-refractivity contribution in [3.05, 3.63) is 35.9 Å². The van der Waals surface area contributed by atoms with Gasteiger partial charge in [0.2, 0.25) is 0 Å². The predicted octanol–water partition coefficient (Wildman–Crippen LogP) is 2.90. The molecular weight excluding hydrogens is 439 g/mol. The van der Waals surface area contributed by atoms with Crippen molar-refractivity contribution in [1.29, 1.82) is 0 Å². The molecule has 5 nitrogen and oxygen atoms in total. The number of ether oxygens (including phenoxy) is 1. The van der Waals surface area contributed by atoms with Gasteiger partial charge in [0.05, 0.1) is 12.1 Å². The van der Waals surface area contributed by atoms with E-state index in [1.807, 2.05) is 0 Å². The monoisotopic (exact) mass is 474 g/mol. The van der Waals surface area contributed by atoms with E-state index in [0.717, 1.165) is 44.9 Å². The van der Waals surface area contributed by atoms with Crippen molar-refractivity contribution in [2.75, 3.05) is 40.3 Å². The van der Waals surface area contributed by atoms with Crippen LogP contribution in [0.4, 0.5) is 0 Å². The molecule has 1 aliphatic rings. The van der Waals surface area contributed by atoms with Gasteiger partial charge in [0, 0.05) is 25.7 Å². The third kappa shape index (κ3) is 7.80. The van der Waals surface area contributed by atoms with E-state index in [0.29, 0.717) is 12.6 Å². The summed E-state index contributed by atoms with van der Waals surface area (Å²) in [5.41, 5.74) is 1.25. The van der Waals surface area contributed by atoms with Gasteiger partial charge in [0.1, 0.15) is 0 Å². The average molecular weight is 474 g/mol. The molecule has 0 bridgehead atoms. The minimum absolute atomic E-state index is 0. The molecule has 0 radical (unpaired) electrons. The van der Waals surface area contributed by atoms with Gasteiger partial charge in [-0.05, 0) is 52.8 Å². The van der Waals surface area contributed by atoms with Gasteiger partial charge >= 0.3 is 0 Å². The fraction of sp³-hybridized carbons (Fsp3) is 0.650. The summed E-state index contributed by atoms with van der Waals surface area (Å²) in [5, 5.41) is 6.85. The number of rotatable bonds is 8. The van der Waals surface area contributed by atoms with Crippen LogP contribution in [0.2, 0.25) is 0 Å². The van der Waals surface area contributed by atoms with Gasteiger partial charge in [-0.25, -0.2) is 0 Å². The summed E-state index contributed by atoms with van der Waals surface area (Å²) in [4.78, 5) is 7.03. The zero-order valence-corrected chi connectivity index (χ0v) is 19.0. The highest BCUT2D eigenvalue weighted by Gasteiger charge is 2.29. The van der Waals surface area contributed by atoms with Crippen molar-refractivity contribution < 1.29 is 4.74 Å². The highest BCUT2D eigenvalue weighted by Crippen LogP contribution is 2.24. The number of hydrogen-bond acceptors (Lipinski definition) is 3. The first-order valence-electron chi connectivity index (χ1n) is 9.39. The van der Waals surface area contributed by atoms with Crippen LogP contribution in [0.3, 0.4) is 0 Å². The summed E-state index contributed by atoms with van der Waals surface area (Å²) in [7, 11) is 4.26. The van der Waals surface area contributed by atoms with Crippen molar-refractivity contribution in [2.45, 2.75) is 44.8 Å². The summed E-state index contributed by atoms with van der Waals surface area (Å²) in [6, 6.07) is 11.0. The lowest BCUT2D eigenvalue weighted by molar-refractivity contribution is 0.0283. The minimum atomic E-state index is -0.104. The van der Waals surface area contributed by atoms with E-state index in [4.69, 9.17) is 9.73 Å². The van der Waals surface area contributed by atoms with E-state index in [9.17, 15) is 0 Å². The number of hydrogen-bond donors (Lipinski definition) is 2. The first-order valence-corrected chi connectivity index (χ1v) is 9.39. The molecule has 26 heavy (non-hydrogen) atoms. The Hall–Kier alpha value is -0.860. The standard InChI is InChI=1S/C20H34N4O.HI/c1-5-21-19(23-16-20(2)12-9-13-25-20)22-15-18(24(3)4)14-17-10-7-6-8-11-17;/h6-8,10-11,18H,5,9,12-16H2,1-4H3,(H2,21,22,23);1H. The Morgan fingerprint density at radius 3 is 2.58 bits per heavy atom. The lowest BCUT2D eigenvalue weighted by Crippen LogP contribution is -2.46. The molecule has 0 amide bonds. The van der Waals surface area contributed by atoms with Crippen molar-refractivity contribution in [3.8, 4) is 0 Å². The highest BCUT2D eigenvalue weighted by molar-refractivity contribution is 14.0. The summed E-state index contributed by atoms with van der Waals surface area (Å²) < 4.78 is 5.84. The molecular formula is C20H35IN4O. The molecule has 148 valence electrons. The van der Waals surface area contributed by atoms with Crippen LogP contribution in [0, 0.1) is 0 Å². The summed E-state index contributed by atoms with van der Waals surface area (Å²) >= 11 is 0. The lowest BCUT2D eigenvalue weighted by Gasteiger charge is -2.26. The molecule has 6 heteroatoms. The number of guanidine groups is 1. The Morgan fingerprint density at radius 1 is 1.27 bits per heavy atom. The van der Waals surface area contributed by atoms with Crippen LogP contribution in [0.25, 0.3) is 0 Å². The second-order valence-corrected chi connectivity index (χ2v) is 7.29. The zero-order chi connectivity index (χ0) is 18.1. The van der Waals surface area contributed by atoms with Crippen LogP contribution < -0.4 is 10.6 Å². The van der Waals surface area contributed by atoms with E-state index < -0.39 is 0 Å². The van der Waals surface area contributed by atoms with Crippen LogP contribution in [-0.2, 0) is 11.2 Å². The van der Waals surface area contributed by atoms with Gasteiger partial charge in [-0.15, -0.1) is 24.0 Å². The number of halogens is 1. The highest BCUT2D eigenvalue weighted by atomic mass is 127. The number of likely N-dealkylation sites (N-methyl/N-ethyl adjacent to an activating group) is 1. The molecule has 2 N–H and O–H groups in total. The Labute approximate surface area is 176 Å². The first kappa shape index (κ1) is 23.2. The maximum Gasteiger partial charge on any atom is 0.191 e. The molecule has 2 rings (SSSR count). The Bertz CT molecular complexity index is 530. The second kappa shape index (κ2) is 11.8. The molecule has 1 aliphatic heterocycles. The van der Waals surface area contributed by atoms with Gasteiger partial charge in [-0.1, -0.05) is 30.3 Å². The molecule has 0 aromatic heterocycles. The largest absolute Gasteiger partial charge is 0.373 e. The number of nitrogens with zero attached hydrogens (tertiary/aromatic N) is 2. The molecule has 2 unspecified atom stereocenters. The Morgan fingerprint density at radius 2 is 2.00 bits per heavy atom. The van der Waals surface area contributed by atoms with E-state index in [1.165, 1.54) is 5.56 Å². The lowest BCUT2D eigenvalue weighted by atomic mass is 10.0. The first-order chi connectivity index (χ1) is 12.0. The third-order valence-electron chi connectivity index (χ3n) is 4.77. The van der Waals surface area contributed by atoms with Crippen LogP contribution in [0.5, 0.6) is 0 Å². The quantitative estimate of drug-likeness (QED) is 0.346. The molecule has 1 aromatic rings. The Kier molecular flexibility index (Phi) is 10.5. The van der Waals surface area contributed by atoms with Crippen molar-refractivity contribution in [3.63, 3.8) is 0 Å². The Balaban J connectivity index is 0.00000338. The van der Waals surface area contributed by atoms with Crippen molar-refractivity contribution in [1.82, 2.24) is 15.5 Å². The molecule has 0 saturated carbocycles. The molecule has 0 spiro atoms. The third-order valence-corrected chi connectivity index (χ3v) is 4.77. The average Bonchev–Trinajstić information content (AvgIpc) is 3.04. The number of nitrogens with one attached hydrogen (secondary N) is 2. The molecule has 1 aromatic carbocycles. The van der Waals surface area contributed by atoms with Gasteiger partial charge in [0.25, 0.3) is 0 Å². The van der Waals surface area contributed by atoms with E-state index in [2.05, 4.69) is 73.8 Å². The fourth-order valence-corrected chi connectivity index (χ4v) is 3.09. The van der Waals surface area contributed by atoms with Crippen molar-refractivity contribution in [2.24, 2.45) is 4.99 Å². The van der Waals surface area contributed by atoms with Crippen LogP contribution >= 0.6 is 24.0 Å². The number of aliphatic imine (C=N–C) groups is 1. The van der Waals surface area contributed by atoms with Crippen LogP contribution in [-0.4, -0.2) is 62.8 Å². The van der Waals surface area contributed by atoms with Crippen molar-refractivity contribution >= 4 is 29.9 Å². The summed E-state index contributed by atoms with van der Waals surface area (Å²) in [6.07, 6.45) is 3.24. The molecule has 2 atom stereocenters. The molecule has 1 saturated heterocycles. The maximum atomic E-state index is 5.84. The summed E-state index contributed by atoms with van der Waals surface area (Å²) in [6.45, 7) is 7.52. The van der Waals surface area contributed by atoms with Gasteiger partial charge in [-0.2, -0.15) is 0 Å². The van der Waals surface area contributed by atoms with Crippen LogP contribution in [0.1, 0.15) is 32.3 Å².